The standard InChI is InChI=1S/C31H36FN9O3S/c32-22-2-4-23(5-3-22)37-28-16-30(35-19-26(28)27-9-6-24(18-34-27)44-15-14-40-12-1-13-40)38-29-10-11-33-31(39-29)21-17-36-41(20-21)45(42,43)25-7-8-25/h6,9-11,16-20,22-23,25H,1-5,7-8,12-15H2,(H2,33,35,37,38,39). The lowest BCUT2D eigenvalue weighted by molar-refractivity contribution is 0.147. The minimum Gasteiger partial charge on any atom is -0.491 e. The third-order valence-corrected chi connectivity index (χ3v) is 10.5. The van der Waals surface area contributed by atoms with Gasteiger partial charge in [0.1, 0.15) is 30.2 Å². The van der Waals surface area contributed by atoms with Gasteiger partial charge in [0.25, 0.3) is 10.0 Å². The summed E-state index contributed by atoms with van der Waals surface area (Å²) in [6.45, 7) is 3.81. The Hall–Kier alpha value is -4.17. The van der Waals surface area contributed by atoms with E-state index in [9.17, 15) is 12.8 Å². The molecule has 1 aliphatic heterocycles. The Morgan fingerprint density at radius 1 is 0.956 bits per heavy atom. The molecule has 3 fully saturated rings. The van der Waals surface area contributed by atoms with Gasteiger partial charge in [0.2, 0.25) is 0 Å². The molecule has 2 aliphatic carbocycles. The third kappa shape index (κ3) is 6.91. The molecule has 1 saturated heterocycles. The number of halogens is 1. The van der Waals surface area contributed by atoms with Gasteiger partial charge in [-0.3, -0.25) is 9.88 Å². The summed E-state index contributed by atoms with van der Waals surface area (Å²) in [4.78, 5) is 20.6. The molecule has 2 N–H and O–H groups in total. The summed E-state index contributed by atoms with van der Waals surface area (Å²) in [7, 11) is -3.48. The number of anilines is 3. The van der Waals surface area contributed by atoms with E-state index in [1.165, 1.54) is 18.8 Å². The van der Waals surface area contributed by atoms with Gasteiger partial charge in [0, 0.05) is 42.3 Å². The average Bonchev–Trinajstić information content (AvgIpc) is 3.77. The summed E-state index contributed by atoms with van der Waals surface area (Å²) in [5, 5.41) is 10.5. The fraction of sp³-hybridized carbons (Fsp3) is 0.452. The highest BCUT2D eigenvalue weighted by Crippen LogP contribution is 2.33. The average molecular weight is 634 g/mol. The molecule has 0 atom stereocenters. The van der Waals surface area contributed by atoms with E-state index in [0.717, 1.165) is 59.3 Å². The Balaban J connectivity index is 1.09. The fourth-order valence-electron chi connectivity index (χ4n) is 5.56. The molecule has 0 aromatic carbocycles. The van der Waals surface area contributed by atoms with Crippen LogP contribution in [-0.2, 0) is 10.0 Å². The number of likely N-dealkylation sites (tertiary alicyclic amines) is 1. The molecule has 0 spiro atoms. The molecule has 4 aromatic rings. The summed E-state index contributed by atoms with van der Waals surface area (Å²) < 4.78 is 45.9. The van der Waals surface area contributed by atoms with Crippen LogP contribution in [0.3, 0.4) is 0 Å². The fourth-order valence-corrected chi connectivity index (χ4v) is 7.04. The topological polar surface area (TPSA) is 140 Å². The van der Waals surface area contributed by atoms with Crippen molar-refractivity contribution in [3.05, 3.63) is 55.2 Å². The van der Waals surface area contributed by atoms with Crippen molar-refractivity contribution in [2.45, 2.75) is 62.4 Å². The minimum atomic E-state index is -3.48. The molecule has 2 saturated carbocycles. The first kappa shape index (κ1) is 29.5. The number of hydrogen-bond donors (Lipinski definition) is 2. The zero-order chi connectivity index (χ0) is 30.8. The number of nitrogens with zero attached hydrogens (tertiary/aromatic N) is 7. The molecule has 45 heavy (non-hydrogen) atoms. The van der Waals surface area contributed by atoms with E-state index < -0.39 is 16.2 Å². The Bertz CT molecular complexity index is 1740. The van der Waals surface area contributed by atoms with Crippen molar-refractivity contribution in [2.75, 3.05) is 36.9 Å². The van der Waals surface area contributed by atoms with Crippen molar-refractivity contribution >= 4 is 27.3 Å². The maximum absolute atomic E-state index is 13.9. The first-order valence-corrected chi connectivity index (χ1v) is 17.0. The molecule has 236 valence electrons. The summed E-state index contributed by atoms with van der Waals surface area (Å²) >= 11 is 0. The van der Waals surface area contributed by atoms with E-state index in [4.69, 9.17) is 4.74 Å². The number of nitrogens with one attached hydrogen (secondary N) is 2. The monoisotopic (exact) mass is 633 g/mol. The Kier molecular flexibility index (Phi) is 8.32. The van der Waals surface area contributed by atoms with Crippen LogP contribution in [0.15, 0.2) is 55.2 Å². The molecular formula is C31H36FN9O3S. The van der Waals surface area contributed by atoms with Gasteiger partial charge in [-0.2, -0.15) is 9.19 Å². The van der Waals surface area contributed by atoms with Crippen LogP contribution in [0.25, 0.3) is 22.6 Å². The second-order valence-corrected chi connectivity index (χ2v) is 13.9. The molecule has 0 amide bonds. The number of alkyl halides is 1. The second-order valence-electron chi connectivity index (χ2n) is 11.9. The van der Waals surface area contributed by atoms with E-state index in [1.807, 2.05) is 18.2 Å². The first-order chi connectivity index (χ1) is 21.9. The van der Waals surface area contributed by atoms with Gasteiger partial charge in [-0.05, 0) is 76.2 Å². The molecule has 14 heteroatoms. The minimum absolute atomic E-state index is 0.129. The van der Waals surface area contributed by atoms with Crippen LogP contribution in [0.1, 0.15) is 44.9 Å². The number of hydrogen-bond acceptors (Lipinski definition) is 11. The van der Waals surface area contributed by atoms with Gasteiger partial charge in [0.05, 0.1) is 35.1 Å². The van der Waals surface area contributed by atoms with Crippen molar-refractivity contribution in [3.8, 4) is 28.4 Å². The van der Waals surface area contributed by atoms with Crippen LogP contribution < -0.4 is 15.4 Å². The van der Waals surface area contributed by atoms with Crippen LogP contribution in [-0.4, -0.2) is 86.1 Å². The molecule has 0 radical (unpaired) electrons. The predicted molar refractivity (Wildman–Crippen MR) is 169 cm³/mol. The van der Waals surface area contributed by atoms with E-state index in [0.29, 0.717) is 55.3 Å². The summed E-state index contributed by atoms with van der Waals surface area (Å²) in [6, 6.07) is 7.58. The number of rotatable bonds is 12. The molecule has 0 bridgehead atoms. The molecule has 7 rings (SSSR count). The van der Waals surface area contributed by atoms with Crippen molar-refractivity contribution < 1.29 is 17.5 Å². The maximum atomic E-state index is 13.9. The maximum Gasteiger partial charge on any atom is 0.256 e. The van der Waals surface area contributed by atoms with Crippen molar-refractivity contribution in [1.82, 2.24) is 34.0 Å². The van der Waals surface area contributed by atoms with Crippen LogP contribution in [0.2, 0.25) is 0 Å². The Morgan fingerprint density at radius 3 is 2.53 bits per heavy atom. The largest absolute Gasteiger partial charge is 0.491 e. The SMILES string of the molecule is O=S(=O)(C1CC1)n1cc(-c2nccc(Nc3cc(NC4CCC(F)CC4)c(-c4ccc(OCCN5CCC5)cn4)cn3)n2)cn1. The molecular weight excluding hydrogens is 597 g/mol. The van der Waals surface area contributed by atoms with Gasteiger partial charge in [-0.25, -0.2) is 27.8 Å². The van der Waals surface area contributed by atoms with Crippen molar-refractivity contribution in [2.24, 2.45) is 0 Å². The van der Waals surface area contributed by atoms with Gasteiger partial charge in [-0.1, -0.05) is 0 Å². The van der Waals surface area contributed by atoms with Crippen LogP contribution >= 0.6 is 0 Å². The zero-order valence-electron chi connectivity index (χ0n) is 24.8. The van der Waals surface area contributed by atoms with E-state index in [2.05, 4.69) is 40.6 Å². The quantitative estimate of drug-likeness (QED) is 0.225. The van der Waals surface area contributed by atoms with Gasteiger partial charge < -0.3 is 15.4 Å². The van der Waals surface area contributed by atoms with Gasteiger partial charge >= 0.3 is 0 Å². The lowest BCUT2D eigenvalue weighted by Crippen LogP contribution is -2.39. The van der Waals surface area contributed by atoms with E-state index in [-0.39, 0.29) is 11.3 Å². The summed E-state index contributed by atoms with van der Waals surface area (Å²) in [5.74, 6) is 2.09. The highest BCUT2D eigenvalue weighted by atomic mass is 32.2. The summed E-state index contributed by atoms with van der Waals surface area (Å²) in [6.07, 6.45) is 12.3. The van der Waals surface area contributed by atoms with Gasteiger partial charge in [-0.15, -0.1) is 0 Å². The molecule has 4 aromatic heterocycles. The molecule has 3 aliphatic rings. The Labute approximate surface area is 261 Å². The number of pyridine rings is 2. The lowest BCUT2D eigenvalue weighted by Gasteiger charge is -2.30. The number of aromatic nitrogens is 6. The normalized spacial score (nSPS) is 20.4. The van der Waals surface area contributed by atoms with Crippen molar-refractivity contribution in [3.63, 3.8) is 0 Å². The second kappa shape index (κ2) is 12.7. The Morgan fingerprint density at radius 2 is 1.80 bits per heavy atom. The number of ether oxygens (including phenoxy) is 1. The predicted octanol–water partition coefficient (Wildman–Crippen LogP) is 4.66. The molecule has 0 unspecified atom stereocenters. The van der Waals surface area contributed by atoms with Crippen LogP contribution in [0, 0.1) is 0 Å². The smallest absolute Gasteiger partial charge is 0.256 e. The molecule has 5 heterocycles. The summed E-state index contributed by atoms with van der Waals surface area (Å²) in [5.41, 5.74) is 2.89. The highest BCUT2D eigenvalue weighted by Gasteiger charge is 2.37. The highest BCUT2D eigenvalue weighted by molar-refractivity contribution is 7.90. The zero-order valence-corrected chi connectivity index (χ0v) is 25.7. The van der Waals surface area contributed by atoms with E-state index in [1.54, 1.807) is 24.7 Å². The van der Waals surface area contributed by atoms with E-state index >= 15 is 0 Å². The van der Waals surface area contributed by atoms with Crippen LogP contribution in [0.4, 0.5) is 21.7 Å². The molecule has 12 nitrogen and oxygen atoms in total. The van der Waals surface area contributed by atoms with Crippen LogP contribution in [0.5, 0.6) is 5.75 Å². The third-order valence-electron chi connectivity index (χ3n) is 8.49. The lowest BCUT2D eigenvalue weighted by atomic mass is 9.93. The first-order valence-electron chi connectivity index (χ1n) is 15.5. The van der Waals surface area contributed by atoms with Crippen molar-refractivity contribution in [1.29, 1.82) is 0 Å². The van der Waals surface area contributed by atoms with Gasteiger partial charge in [0.15, 0.2) is 5.82 Å².